The van der Waals surface area contributed by atoms with Gasteiger partial charge in [0.1, 0.15) is 17.2 Å². The van der Waals surface area contributed by atoms with Gasteiger partial charge in [-0.2, -0.15) is 0 Å². The average Bonchev–Trinajstić information content (AvgIpc) is 2.26. The fraction of sp³-hybridized carbons (Fsp3) is 0.400. The van der Waals surface area contributed by atoms with Crippen LogP contribution < -0.4 is 15.2 Å². The smallest absolute Gasteiger partial charge is 0.131 e. The fourth-order valence-corrected chi connectivity index (χ4v) is 1.38. The first-order valence-electron chi connectivity index (χ1n) is 4.45. The number of rotatable bonds is 4. The van der Waals surface area contributed by atoms with Crippen LogP contribution in [0.3, 0.4) is 0 Å². The molecule has 1 aromatic carbocycles. The molecule has 6 heteroatoms. The van der Waals surface area contributed by atoms with E-state index in [-0.39, 0.29) is 24.8 Å². The second-order valence-corrected chi connectivity index (χ2v) is 3.05. The van der Waals surface area contributed by atoms with Crippen molar-refractivity contribution in [3.63, 3.8) is 0 Å². The zero-order valence-electron chi connectivity index (χ0n) is 9.14. The molecule has 0 saturated carbocycles. The summed E-state index contributed by atoms with van der Waals surface area (Å²) in [6.07, 6.45) is 0. The summed E-state index contributed by atoms with van der Waals surface area (Å²) in [7, 11) is 2.92. The van der Waals surface area contributed by atoms with Crippen molar-refractivity contribution < 1.29 is 19.7 Å². The first-order valence-corrected chi connectivity index (χ1v) is 4.45. The zero-order valence-corrected chi connectivity index (χ0v) is 9.95. The Morgan fingerprint density at radius 3 is 2.00 bits per heavy atom. The molecule has 5 nitrogen and oxygen atoms in total. The van der Waals surface area contributed by atoms with E-state index < -0.39 is 6.04 Å². The Balaban J connectivity index is 0.00000225. The SMILES string of the molecule is COc1cc(O)cc(OC)c1[C@@H](N)CO.Cl. The molecule has 0 unspecified atom stereocenters. The molecule has 1 atom stereocenters. The van der Waals surface area contributed by atoms with Crippen molar-refractivity contribution >= 4 is 12.4 Å². The standard InChI is InChI=1S/C10H15NO4.ClH/c1-14-8-3-6(13)4-9(15-2)10(8)7(11)5-12;/h3-4,7,12-13H,5,11H2,1-2H3;1H/t7-;/m0./s1. The maximum atomic E-state index is 9.37. The van der Waals surface area contributed by atoms with Crippen LogP contribution in [0.1, 0.15) is 11.6 Å². The summed E-state index contributed by atoms with van der Waals surface area (Å²) in [5, 5.41) is 18.4. The Kier molecular flexibility index (Phi) is 5.95. The summed E-state index contributed by atoms with van der Waals surface area (Å²) in [5.74, 6) is 0.819. The summed E-state index contributed by atoms with van der Waals surface area (Å²) in [6, 6.07) is 2.25. The van der Waals surface area contributed by atoms with E-state index in [0.717, 1.165) is 0 Å². The average molecular weight is 250 g/mol. The minimum absolute atomic E-state index is 0. The molecule has 0 aliphatic heterocycles. The second-order valence-electron chi connectivity index (χ2n) is 3.05. The maximum absolute atomic E-state index is 9.37. The lowest BCUT2D eigenvalue weighted by Gasteiger charge is -2.17. The van der Waals surface area contributed by atoms with Gasteiger partial charge in [-0.05, 0) is 0 Å². The van der Waals surface area contributed by atoms with E-state index >= 15 is 0 Å². The number of nitrogens with two attached hydrogens (primary N) is 1. The highest BCUT2D eigenvalue weighted by atomic mass is 35.5. The molecule has 0 saturated heterocycles. The highest BCUT2D eigenvalue weighted by Crippen LogP contribution is 2.36. The number of methoxy groups -OCH3 is 2. The number of hydrogen-bond acceptors (Lipinski definition) is 5. The molecule has 0 fully saturated rings. The van der Waals surface area contributed by atoms with Gasteiger partial charge in [-0.1, -0.05) is 0 Å². The van der Waals surface area contributed by atoms with Crippen LogP contribution in [0.15, 0.2) is 12.1 Å². The van der Waals surface area contributed by atoms with E-state index in [2.05, 4.69) is 0 Å². The quantitative estimate of drug-likeness (QED) is 0.736. The van der Waals surface area contributed by atoms with Crippen molar-refractivity contribution in [1.82, 2.24) is 0 Å². The fourth-order valence-electron chi connectivity index (χ4n) is 1.38. The Labute approximate surface area is 100 Å². The monoisotopic (exact) mass is 249 g/mol. The third kappa shape index (κ3) is 2.91. The molecule has 4 N–H and O–H groups in total. The first kappa shape index (κ1) is 14.8. The van der Waals surface area contributed by atoms with Crippen LogP contribution in [-0.2, 0) is 0 Å². The lowest BCUT2D eigenvalue weighted by Crippen LogP contribution is -2.16. The van der Waals surface area contributed by atoms with Gasteiger partial charge >= 0.3 is 0 Å². The number of hydrogen-bond donors (Lipinski definition) is 3. The lowest BCUT2D eigenvalue weighted by atomic mass is 10.1. The molecule has 0 aliphatic carbocycles. The van der Waals surface area contributed by atoms with E-state index in [9.17, 15) is 5.11 Å². The van der Waals surface area contributed by atoms with Crippen LogP contribution in [0.4, 0.5) is 0 Å². The first-order chi connectivity index (χ1) is 7.13. The summed E-state index contributed by atoms with van der Waals surface area (Å²) < 4.78 is 10.1. The normalized spacial score (nSPS) is 11.5. The number of benzene rings is 1. The number of aliphatic hydroxyl groups is 1. The Hall–Kier alpha value is -1.17. The number of aromatic hydroxyl groups is 1. The molecular formula is C10H16ClNO4. The lowest BCUT2D eigenvalue weighted by molar-refractivity contribution is 0.260. The predicted molar refractivity (Wildman–Crippen MR) is 62.5 cm³/mol. The van der Waals surface area contributed by atoms with Gasteiger partial charge < -0.3 is 25.4 Å². The van der Waals surface area contributed by atoms with Crippen molar-refractivity contribution in [2.24, 2.45) is 5.73 Å². The minimum Gasteiger partial charge on any atom is -0.508 e. The largest absolute Gasteiger partial charge is 0.508 e. The van der Waals surface area contributed by atoms with Crippen molar-refractivity contribution in [2.75, 3.05) is 20.8 Å². The Morgan fingerprint density at radius 2 is 1.69 bits per heavy atom. The van der Waals surface area contributed by atoms with Gasteiger partial charge in [-0.3, -0.25) is 0 Å². The Bertz CT molecular complexity index is 321. The van der Waals surface area contributed by atoms with Crippen molar-refractivity contribution in [1.29, 1.82) is 0 Å². The third-order valence-corrected chi connectivity index (χ3v) is 2.10. The van der Waals surface area contributed by atoms with Gasteiger partial charge in [0.25, 0.3) is 0 Å². The van der Waals surface area contributed by atoms with Gasteiger partial charge in [0.15, 0.2) is 0 Å². The second kappa shape index (κ2) is 6.42. The van der Waals surface area contributed by atoms with Crippen molar-refractivity contribution in [3.05, 3.63) is 17.7 Å². The van der Waals surface area contributed by atoms with Crippen LogP contribution in [0.2, 0.25) is 0 Å². The van der Waals surface area contributed by atoms with Crippen LogP contribution in [0, 0.1) is 0 Å². The van der Waals surface area contributed by atoms with Gasteiger partial charge in [-0.15, -0.1) is 12.4 Å². The predicted octanol–water partition coefficient (Wildman–Crippen LogP) is 0.823. The number of phenolic OH excluding ortho intramolecular Hbond substituents is 1. The van der Waals surface area contributed by atoms with Gasteiger partial charge in [-0.25, -0.2) is 0 Å². The maximum Gasteiger partial charge on any atom is 0.131 e. The molecule has 1 aromatic rings. The minimum atomic E-state index is -0.601. The van der Waals surface area contributed by atoms with Gasteiger partial charge in [0.2, 0.25) is 0 Å². The van der Waals surface area contributed by atoms with Crippen LogP contribution in [0.25, 0.3) is 0 Å². The van der Waals surface area contributed by atoms with Crippen LogP contribution in [-0.4, -0.2) is 31.0 Å². The molecule has 92 valence electrons. The van der Waals surface area contributed by atoms with Gasteiger partial charge in [0, 0.05) is 12.1 Å². The van der Waals surface area contributed by atoms with E-state index in [0.29, 0.717) is 17.1 Å². The summed E-state index contributed by atoms with van der Waals surface area (Å²) in [4.78, 5) is 0. The summed E-state index contributed by atoms with van der Waals surface area (Å²) in [6.45, 7) is -0.225. The van der Waals surface area contributed by atoms with Crippen LogP contribution in [0.5, 0.6) is 17.2 Å². The van der Waals surface area contributed by atoms with E-state index in [1.54, 1.807) is 0 Å². The number of phenols is 1. The number of halogens is 1. The molecule has 0 aliphatic rings. The third-order valence-electron chi connectivity index (χ3n) is 2.10. The highest BCUT2D eigenvalue weighted by Gasteiger charge is 2.18. The Morgan fingerprint density at radius 1 is 1.25 bits per heavy atom. The highest BCUT2D eigenvalue weighted by molar-refractivity contribution is 5.85. The van der Waals surface area contributed by atoms with Crippen molar-refractivity contribution in [3.8, 4) is 17.2 Å². The van der Waals surface area contributed by atoms with E-state index in [1.165, 1.54) is 26.4 Å². The van der Waals surface area contributed by atoms with E-state index in [4.69, 9.17) is 20.3 Å². The molecule has 0 bridgehead atoms. The zero-order chi connectivity index (χ0) is 11.4. The molecule has 0 amide bonds. The topological polar surface area (TPSA) is 84.9 Å². The molecule has 0 spiro atoms. The molecular weight excluding hydrogens is 234 g/mol. The number of aliphatic hydroxyl groups excluding tert-OH is 1. The summed E-state index contributed by atoms with van der Waals surface area (Å²) in [5.41, 5.74) is 6.25. The molecule has 0 radical (unpaired) electrons. The molecule has 16 heavy (non-hydrogen) atoms. The van der Waals surface area contributed by atoms with Crippen LogP contribution >= 0.6 is 12.4 Å². The van der Waals surface area contributed by atoms with Gasteiger partial charge in [0.05, 0.1) is 32.4 Å². The van der Waals surface area contributed by atoms with Crippen molar-refractivity contribution in [2.45, 2.75) is 6.04 Å². The van der Waals surface area contributed by atoms with E-state index in [1.807, 2.05) is 0 Å². The molecule has 0 heterocycles. The summed E-state index contributed by atoms with van der Waals surface area (Å²) >= 11 is 0. The molecule has 1 rings (SSSR count). The molecule has 0 aromatic heterocycles. The number of ether oxygens (including phenoxy) is 2.